The molecule has 0 saturated heterocycles. The number of nitrogens with zero attached hydrogens (tertiary/aromatic N) is 3. The van der Waals surface area contributed by atoms with Crippen molar-refractivity contribution in [2.45, 2.75) is 6.92 Å². The van der Waals surface area contributed by atoms with Crippen LogP contribution in [0.3, 0.4) is 0 Å². The first-order valence-corrected chi connectivity index (χ1v) is 5.34. The second-order valence-electron chi connectivity index (χ2n) is 3.73. The average Bonchev–Trinajstić information content (AvgIpc) is 2.41. The molecule has 0 aliphatic carbocycles. The Morgan fingerprint density at radius 3 is 2.79 bits per heavy atom. The summed E-state index contributed by atoms with van der Waals surface area (Å²) in [6.07, 6.45) is 2.73. The molecule has 1 aromatic heterocycles. The maximum atomic E-state index is 11.1. The van der Waals surface area contributed by atoms with Gasteiger partial charge in [-0.1, -0.05) is 11.6 Å². The lowest BCUT2D eigenvalue weighted by Gasteiger charge is -2.08. The van der Waals surface area contributed by atoms with Crippen LogP contribution < -0.4 is 4.74 Å². The minimum absolute atomic E-state index is 0.000543. The predicted octanol–water partition coefficient (Wildman–Crippen LogP) is 2.15. The first kappa shape index (κ1) is 12.5. The van der Waals surface area contributed by atoms with E-state index in [1.165, 1.54) is 24.5 Å². The van der Waals surface area contributed by atoms with Crippen LogP contribution in [0.2, 0.25) is 0 Å². The number of hydrogen-bond acceptors (Lipinski definition) is 5. The fourth-order valence-corrected chi connectivity index (χ4v) is 1.48. The SMILES string of the molecule is Cc1ccc(Oc2nccnc2C#N)c(C(=O)O)c1. The highest BCUT2D eigenvalue weighted by atomic mass is 16.5. The fraction of sp³-hybridized carbons (Fsp3) is 0.0769. The monoisotopic (exact) mass is 255 g/mol. The lowest BCUT2D eigenvalue weighted by molar-refractivity contribution is 0.0694. The van der Waals surface area contributed by atoms with E-state index in [9.17, 15) is 4.79 Å². The third-order valence-electron chi connectivity index (χ3n) is 2.34. The second kappa shape index (κ2) is 5.14. The zero-order valence-corrected chi connectivity index (χ0v) is 9.99. The molecule has 0 spiro atoms. The van der Waals surface area contributed by atoms with Crippen molar-refractivity contribution in [2.24, 2.45) is 0 Å². The molecule has 0 unspecified atom stereocenters. The van der Waals surface area contributed by atoms with Crippen LogP contribution in [0.5, 0.6) is 11.6 Å². The number of hydrogen-bond donors (Lipinski definition) is 1. The predicted molar refractivity (Wildman–Crippen MR) is 65.0 cm³/mol. The van der Waals surface area contributed by atoms with Crippen molar-refractivity contribution in [1.82, 2.24) is 9.97 Å². The fourth-order valence-electron chi connectivity index (χ4n) is 1.48. The summed E-state index contributed by atoms with van der Waals surface area (Å²) in [6, 6.07) is 6.55. The standard InChI is InChI=1S/C13H9N3O3/c1-8-2-3-11(9(6-8)13(17)18)19-12-10(7-14)15-4-5-16-12/h2-6H,1H3,(H,17,18). The zero-order chi connectivity index (χ0) is 13.8. The molecule has 0 aliphatic rings. The Morgan fingerprint density at radius 1 is 1.37 bits per heavy atom. The summed E-state index contributed by atoms with van der Waals surface area (Å²) in [5.74, 6) is -1.01. The van der Waals surface area contributed by atoms with E-state index in [0.717, 1.165) is 5.56 Å². The summed E-state index contributed by atoms with van der Waals surface area (Å²) in [5.41, 5.74) is 0.804. The van der Waals surface area contributed by atoms with Gasteiger partial charge in [0.15, 0.2) is 0 Å². The molecule has 0 bridgehead atoms. The van der Waals surface area contributed by atoms with E-state index in [4.69, 9.17) is 15.1 Å². The number of carboxylic acids is 1. The van der Waals surface area contributed by atoms with Gasteiger partial charge in [0.2, 0.25) is 5.69 Å². The van der Waals surface area contributed by atoms with Crippen molar-refractivity contribution in [3.8, 4) is 17.7 Å². The zero-order valence-electron chi connectivity index (χ0n) is 9.99. The summed E-state index contributed by atoms with van der Waals surface area (Å²) in [6.45, 7) is 1.78. The van der Waals surface area contributed by atoms with Crippen LogP contribution in [0, 0.1) is 18.3 Å². The number of aromatic carboxylic acids is 1. The molecule has 6 heteroatoms. The van der Waals surface area contributed by atoms with E-state index in [0.29, 0.717) is 0 Å². The number of benzene rings is 1. The van der Waals surface area contributed by atoms with Gasteiger partial charge in [-0.05, 0) is 19.1 Å². The first-order valence-electron chi connectivity index (χ1n) is 5.34. The smallest absolute Gasteiger partial charge is 0.339 e. The number of carbonyl (C=O) groups is 1. The van der Waals surface area contributed by atoms with Gasteiger partial charge in [0.1, 0.15) is 17.4 Å². The van der Waals surface area contributed by atoms with Gasteiger partial charge in [-0.25, -0.2) is 14.8 Å². The van der Waals surface area contributed by atoms with E-state index in [1.807, 2.05) is 6.07 Å². The highest BCUT2D eigenvalue weighted by Crippen LogP contribution is 2.26. The summed E-state index contributed by atoms with van der Waals surface area (Å²) in [5, 5.41) is 18.0. The minimum Gasteiger partial charge on any atom is -0.478 e. The van der Waals surface area contributed by atoms with Gasteiger partial charge in [0, 0.05) is 12.4 Å². The van der Waals surface area contributed by atoms with Crippen LogP contribution in [-0.4, -0.2) is 21.0 Å². The summed E-state index contributed by atoms with van der Waals surface area (Å²) in [4.78, 5) is 18.8. The van der Waals surface area contributed by atoms with Crippen LogP contribution in [0.1, 0.15) is 21.6 Å². The van der Waals surface area contributed by atoms with Crippen LogP contribution in [0.4, 0.5) is 0 Å². The molecule has 0 amide bonds. The van der Waals surface area contributed by atoms with Gasteiger partial charge in [0.25, 0.3) is 5.88 Å². The lowest BCUT2D eigenvalue weighted by atomic mass is 10.1. The van der Waals surface area contributed by atoms with Crippen molar-refractivity contribution in [1.29, 1.82) is 5.26 Å². The molecule has 0 saturated carbocycles. The van der Waals surface area contributed by atoms with Crippen LogP contribution in [0.15, 0.2) is 30.6 Å². The van der Waals surface area contributed by atoms with Crippen molar-refractivity contribution >= 4 is 5.97 Å². The molecule has 0 atom stereocenters. The summed E-state index contributed by atoms with van der Waals surface area (Å²) >= 11 is 0. The Hall–Kier alpha value is -2.94. The molecule has 6 nitrogen and oxygen atoms in total. The Bertz CT molecular complexity index is 677. The van der Waals surface area contributed by atoms with Crippen LogP contribution in [-0.2, 0) is 0 Å². The van der Waals surface area contributed by atoms with E-state index >= 15 is 0 Å². The molecular weight excluding hydrogens is 246 g/mol. The number of nitriles is 1. The molecule has 2 rings (SSSR count). The number of rotatable bonds is 3. The number of ether oxygens (including phenoxy) is 1. The molecule has 1 heterocycles. The highest BCUT2D eigenvalue weighted by Gasteiger charge is 2.15. The lowest BCUT2D eigenvalue weighted by Crippen LogP contribution is -2.02. The van der Waals surface area contributed by atoms with Gasteiger partial charge in [0.05, 0.1) is 0 Å². The third kappa shape index (κ3) is 2.66. The first-order chi connectivity index (χ1) is 9.11. The van der Waals surface area contributed by atoms with Gasteiger partial charge in [-0.15, -0.1) is 0 Å². The van der Waals surface area contributed by atoms with Crippen molar-refractivity contribution in [3.63, 3.8) is 0 Å². The molecule has 1 N–H and O–H groups in total. The molecule has 0 fully saturated rings. The summed E-state index contributed by atoms with van der Waals surface area (Å²) in [7, 11) is 0. The third-order valence-corrected chi connectivity index (χ3v) is 2.34. The van der Waals surface area contributed by atoms with Crippen LogP contribution >= 0.6 is 0 Å². The maximum absolute atomic E-state index is 11.1. The largest absolute Gasteiger partial charge is 0.478 e. The van der Waals surface area contributed by atoms with Gasteiger partial charge < -0.3 is 9.84 Å². The Morgan fingerprint density at radius 2 is 2.11 bits per heavy atom. The van der Waals surface area contributed by atoms with E-state index in [1.54, 1.807) is 13.0 Å². The number of aryl methyl sites for hydroxylation is 1. The summed E-state index contributed by atoms with van der Waals surface area (Å²) < 4.78 is 5.37. The van der Waals surface area contributed by atoms with Crippen molar-refractivity contribution in [3.05, 3.63) is 47.4 Å². The maximum Gasteiger partial charge on any atom is 0.339 e. The minimum atomic E-state index is -1.11. The molecular formula is C13H9N3O3. The number of carboxylic acid groups (broad SMARTS) is 1. The highest BCUT2D eigenvalue weighted by molar-refractivity contribution is 5.91. The molecule has 19 heavy (non-hydrogen) atoms. The second-order valence-corrected chi connectivity index (χ2v) is 3.73. The van der Waals surface area contributed by atoms with Crippen LogP contribution in [0.25, 0.3) is 0 Å². The molecule has 94 valence electrons. The molecule has 0 aliphatic heterocycles. The molecule has 1 aromatic carbocycles. The van der Waals surface area contributed by atoms with E-state index in [2.05, 4.69) is 9.97 Å². The van der Waals surface area contributed by atoms with E-state index < -0.39 is 5.97 Å². The topological polar surface area (TPSA) is 96.1 Å². The molecule has 2 aromatic rings. The molecule has 0 radical (unpaired) electrons. The van der Waals surface area contributed by atoms with Gasteiger partial charge >= 0.3 is 5.97 Å². The van der Waals surface area contributed by atoms with E-state index in [-0.39, 0.29) is 22.9 Å². The quantitative estimate of drug-likeness (QED) is 0.902. The number of aromatic nitrogens is 2. The Kier molecular flexibility index (Phi) is 3.39. The average molecular weight is 255 g/mol. The van der Waals surface area contributed by atoms with Gasteiger partial charge in [-0.2, -0.15) is 5.26 Å². The van der Waals surface area contributed by atoms with Gasteiger partial charge in [-0.3, -0.25) is 0 Å². The van der Waals surface area contributed by atoms with Crippen molar-refractivity contribution in [2.75, 3.05) is 0 Å². The normalized spacial score (nSPS) is 9.68. The van der Waals surface area contributed by atoms with Crippen molar-refractivity contribution < 1.29 is 14.6 Å². The Labute approximate surface area is 108 Å². The Balaban J connectivity index is 2.44.